The Hall–Kier alpha value is -1.18. The Labute approximate surface area is 61.3 Å². The van der Waals surface area contributed by atoms with E-state index in [1.165, 1.54) is 0 Å². The fraction of sp³-hybridized carbons (Fsp3) is 0.250. The molecule has 54 valence electrons. The lowest BCUT2D eigenvalue weighted by molar-refractivity contribution is 0.908. The largest absolute Gasteiger partial charge is 0.359 e. The Morgan fingerprint density at radius 2 is 1.40 bits per heavy atom. The first-order valence-electron chi connectivity index (χ1n) is 3.39. The van der Waals surface area contributed by atoms with Crippen molar-refractivity contribution in [3.8, 4) is 0 Å². The van der Waals surface area contributed by atoms with E-state index in [-0.39, 0.29) is 0 Å². The number of hydrogen-bond donors (Lipinski definition) is 2. The van der Waals surface area contributed by atoms with Gasteiger partial charge in [0.15, 0.2) is 0 Å². The Bertz CT molecular complexity index is 177. The molecule has 1 aliphatic heterocycles. The van der Waals surface area contributed by atoms with E-state index >= 15 is 0 Å². The molecule has 2 nitrogen and oxygen atoms in total. The average molecular weight is 136 g/mol. The Kier molecular flexibility index (Phi) is 2.15. The first-order chi connectivity index (χ1) is 4.88. The zero-order chi connectivity index (χ0) is 7.40. The highest BCUT2D eigenvalue weighted by Crippen LogP contribution is 2.05. The van der Waals surface area contributed by atoms with Crippen molar-refractivity contribution in [1.29, 1.82) is 0 Å². The number of hydrogen-bond acceptors (Lipinski definition) is 2. The van der Waals surface area contributed by atoms with Crippen LogP contribution in [0.3, 0.4) is 0 Å². The van der Waals surface area contributed by atoms with Crippen LogP contribution >= 0.6 is 0 Å². The second kappa shape index (κ2) is 3.11. The van der Waals surface area contributed by atoms with Crippen LogP contribution in [-0.4, -0.2) is 0 Å². The van der Waals surface area contributed by atoms with Crippen molar-refractivity contribution in [2.45, 2.75) is 13.8 Å². The van der Waals surface area contributed by atoms with Gasteiger partial charge in [-0.1, -0.05) is 12.2 Å². The highest BCUT2D eigenvalue weighted by atomic mass is 15.0. The minimum atomic E-state index is 1.13. The van der Waals surface area contributed by atoms with Crippen molar-refractivity contribution in [2.24, 2.45) is 0 Å². The molecule has 0 spiro atoms. The molecule has 2 N–H and O–H groups in total. The van der Waals surface area contributed by atoms with Gasteiger partial charge in [0.25, 0.3) is 0 Å². The summed E-state index contributed by atoms with van der Waals surface area (Å²) in [6.07, 6.45) is 7.82. The maximum atomic E-state index is 3.12. The van der Waals surface area contributed by atoms with Crippen LogP contribution in [0, 0.1) is 0 Å². The molecule has 0 atom stereocenters. The Balaban J connectivity index is 2.83. The molecule has 1 rings (SSSR count). The summed E-state index contributed by atoms with van der Waals surface area (Å²) in [6, 6.07) is 0. The molecule has 1 aliphatic rings. The molecule has 10 heavy (non-hydrogen) atoms. The fourth-order valence-electron chi connectivity index (χ4n) is 0.896. The van der Waals surface area contributed by atoms with Gasteiger partial charge in [0.1, 0.15) is 0 Å². The van der Waals surface area contributed by atoms with E-state index in [9.17, 15) is 0 Å². The second-order valence-electron chi connectivity index (χ2n) is 2.03. The van der Waals surface area contributed by atoms with Crippen molar-refractivity contribution in [3.05, 3.63) is 35.9 Å². The van der Waals surface area contributed by atoms with E-state index in [0.29, 0.717) is 0 Å². The van der Waals surface area contributed by atoms with E-state index in [2.05, 4.69) is 10.6 Å². The third-order valence-corrected chi connectivity index (χ3v) is 1.43. The smallest absolute Gasteiger partial charge is 0.0572 e. The van der Waals surface area contributed by atoms with Gasteiger partial charge in [-0.25, -0.2) is 0 Å². The zero-order valence-electron chi connectivity index (χ0n) is 6.31. The summed E-state index contributed by atoms with van der Waals surface area (Å²) in [5.74, 6) is 0. The van der Waals surface area contributed by atoms with Crippen molar-refractivity contribution < 1.29 is 0 Å². The molecule has 0 bridgehead atoms. The van der Waals surface area contributed by atoms with Crippen LogP contribution in [-0.2, 0) is 0 Å². The van der Waals surface area contributed by atoms with Crippen LogP contribution in [0.1, 0.15) is 13.8 Å². The summed E-state index contributed by atoms with van der Waals surface area (Å²) in [5.41, 5.74) is 2.26. The molecule has 0 aromatic rings. The predicted octanol–water partition coefficient (Wildman–Crippen LogP) is 1.46. The SMILES string of the molecule is CC=C1NC=CNC1=CC. The Morgan fingerprint density at radius 3 is 1.70 bits per heavy atom. The molecule has 0 saturated carbocycles. The third-order valence-electron chi connectivity index (χ3n) is 1.43. The van der Waals surface area contributed by atoms with Crippen molar-refractivity contribution in [3.63, 3.8) is 0 Å². The van der Waals surface area contributed by atoms with Gasteiger partial charge in [0.2, 0.25) is 0 Å². The first-order valence-corrected chi connectivity index (χ1v) is 3.39. The number of nitrogens with one attached hydrogen (secondary N) is 2. The molecule has 0 fully saturated rings. The molecule has 0 amide bonds. The summed E-state index contributed by atoms with van der Waals surface area (Å²) in [6.45, 7) is 4.01. The Morgan fingerprint density at radius 1 is 1.00 bits per heavy atom. The molecular formula is C8H12N2. The van der Waals surface area contributed by atoms with Gasteiger partial charge in [-0.3, -0.25) is 0 Å². The highest BCUT2D eigenvalue weighted by molar-refractivity contribution is 5.31. The maximum Gasteiger partial charge on any atom is 0.0572 e. The van der Waals surface area contributed by atoms with Crippen LogP contribution in [0.2, 0.25) is 0 Å². The summed E-state index contributed by atoms with van der Waals surface area (Å²) in [4.78, 5) is 0. The number of allylic oxidation sites excluding steroid dienone is 2. The van der Waals surface area contributed by atoms with Gasteiger partial charge in [-0.2, -0.15) is 0 Å². The minimum Gasteiger partial charge on any atom is -0.359 e. The molecule has 0 unspecified atom stereocenters. The van der Waals surface area contributed by atoms with Gasteiger partial charge in [0.05, 0.1) is 11.4 Å². The predicted molar refractivity (Wildman–Crippen MR) is 42.9 cm³/mol. The molecular weight excluding hydrogens is 124 g/mol. The first kappa shape index (κ1) is 6.93. The van der Waals surface area contributed by atoms with Crippen molar-refractivity contribution in [1.82, 2.24) is 10.6 Å². The summed E-state index contributed by atoms with van der Waals surface area (Å²) in [5, 5.41) is 6.24. The summed E-state index contributed by atoms with van der Waals surface area (Å²) >= 11 is 0. The summed E-state index contributed by atoms with van der Waals surface area (Å²) < 4.78 is 0. The van der Waals surface area contributed by atoms with E-state index in [1.54, 1.807) is 0 Å². The maximum absolute atomic E-state index is 3.12. The van der Waals surface area contributed by atoms with Crippen LogP contribution in [0.15, 0.2) is 35.9 Å². The van der Waals surface area contributed by atoms with Gasteiger partial charge >= 0.3 is 0 Å². The highest BCUT2D eigenvalue weighted by Gasteiger charge is 2.01. The zero-order valence-corrected chi connectivity index (χ0v) is 6.31. The monoisotopic (exact) mass is 136 g/mol. The molecule has 0 aromatic carbocycles. The van der Waals surface area contributed by atoms with Crippen LogP contribution < -0.4 is 10.6 Å². The van der Waals surface area contributed by atoms with Crippen LogP contribution in [0.5, 0.6) is 0 Å². The molecule has 0 aliphatic carbocycles. The van der Waals surface area contributed by atoms with Crippen molar-refractivity contribution in [2.75, 3.05) is 0 Å². The fourth-order valence-corrected chi connectivity index (χ4v) is 0.896. The van der Waals surface area contributed by atoms with Crippen LogP contribution in [0.25, 0.3) is 0 Å². The lowest BCUT2D eigenvalue weighted by Crippen LogP contribution is -2.21. The number of rotatable bonds is 0. The van der Waals surface area contributed by atoms with Gasteiger partial charge in [-0.15, -0.1) is 0 Å². The van der Waals surface area contributed by atoms with Crippen LogP contribution in [0.4, 0.5) is 0 Å². The standard InChI is InChI=1S/C8H12N2/c1-3-7-8(4-2)10-6-5-9-7/h3-6,9-10H,1-2H3. The second-order valence-corrected chi connectivity index (χ2v) is 2.03. The third kappa shape index (κ3) is 1.21. The average Bonchev–Trinajstić information content (AvgIpc) is 2.04. The summed E-state index contributed by atoms with van der Waals surface area (Å²) in [7, 11) is 0. The lowest BCUT2D eigenvalue weighted by atomic mass is 10.2. The molecule has 0 radical (unpaired) electrons. The van der Waals surface area contributed by atoms with Gasteiger partial charge < -0.3 is 10.6 Å². The van der Waals surface area contributed by atoms with E-state index in [1.807, 2.05) is 38.4 Å². The van der Waals surface area contributed by atoms with E-state index in [4.69, 9.17) is 0 Å². The van der Waals surface area contributed by atoms with Gasteiger partial charge in [-0.05, 0) is 13.8 Å². The van der Waals surface area contributed by atoms with Crippen molar-refractivity contribution >= 4 is 0 Å². The van der Waals surface area contributed by atoms with E-state index in [0.717, 1.165) is 11.4 Å². The molecule has 1 heterocycles. The lowest BCUT2D eigenvalue weighted by Gasteiger charge is -2.15. The molecule has 2 heteroatoms. The normalized spacial score (nSPS) is 24.6. The molecule has 0 aromatic heterocycles. The van der Waals surface area contributed by atoms with Gasteiger partial charge in [0, 0.05) is 12.4 Å². The van der Waals surface area contributed by atoms with E-state index < -0.39 is 0 Å². The minimum absolute atomic E-state index is 1.13. The topological polar surface area (TPSA) is 24.1 Å². The molecule has 0 saturated heterocycles. The quantitative estimate of drug-likeness (QED) is 0.526.